The number of benzene rings is 2. The van der Waals surface area contributed by atoms with Gasteiger partial charge in [-0.15, -0.1) is 0 Å². The van der Waals surface area contributed by atoms with Gasteiger partial charge in [0.15, 0.2) is 17.5 Å². The first kappa shape index (κ1) is 23.1. The van der Waals surface area contributed by atoms with Gasteiger partial charge in [-0.1, -0.05) is 0 Å². The van der Waals surface area contributed by atoms with Crippen molar-refractivity contribution in [3.05, 3.63) is 59.2 Å². The molecule has 1 saturated heterocycles. The quantitative estimate of drug-likeness (QED) is 0.353. The highest BCUT2D eigenvalue weighted by Gasteiger charge is 2.36. The van der Waals surface area contributed by atoms with Crippen LogP contribution in [0.2, 0.25) is 0 Å². The molecule has 9 heteroatoms. The number of H-pyrrole nitrogens is 1. The number of ether oxygens (including phenoxy) is 1. The molecular weight excluding hydrogens is 471 g/mol. The first-order chi connectivity index (χ1) is 17.4. The molecule has 4 aromatic rings. The summed E-state index contributed by atoms with van der Waals surface area (Å²) in [5.74, 6) is -3.57. The molecule has 2 N–H and O–H groups in total. The fourth-order valence-electron chi connectivity index (χ4n) is 6.17. The number of aromatic nitrogens is 3. The van der Waals surface area contributed by atoms with E-state index in [-0.39, 0.29) is 11.8 Å². The average Bonchev–Trinajstić information content (AvgIpc) is 3.50. The lowest BCUT2D eigenvalue weighted by Gasteiger charge is -2.30. The Labute approximate surface area is 205 Å². The van der Waals surface area contributed by atoms with Crippen LogP contribution < -0.4 is 0 Å². The molecule has 0 unspecified atom stereocenters. The van der Waals surface area contributed by atoms with Gasteiger partial charge in [-0.05, 0) is 68.2 Å². The monoisotopic (exact) mass is 497 g/mol. The van der Waals surface area contributed by atoms with Crippen LogP contribution in [0.4, 0.5) is 13.2 Å². The van der Waals surface area contributed by atoms with Crippen molar-refractivity contribution in [1.82, 2.24) is 14.8 Å². The number of aromatic amines is 1. The number of halogens is 3. The Hall–Kier alpha value is -3.33. The number of carboxylic acids is 1. The van der Waals surface area contributed by atoms with Gasteiger partial charge in [0.25, 0.3) is 0 Å². The molecule has 0 atom stereocenters. The van der Waals surface area contributed by atoms with Gasteiger partial charge >= 0.3 is 5.97 Å². The van der Waals surface area contributed by atoms with Crippen LogP contribution in [0.5, 0.6) is 0 Å². The number of hydrogen-bond donors (Lipinski definition) is 2. The highest BCUT2D eigenvalue weighted by Crippen LogP contribution is 2.48. The molecule has 2 aliphatic rings. The molecule has 2 aromatic heterocycles. The molecule has 0 spiro atoms. The van der Waals surface area contributed by atoms with Gasteiger partial charge in [-0.3, -0.25) is 9.89 Å². The molecule has 1 saturated carbocycles. The second-order valence-corrected chi connectivity index (χ2v) is 9.93. The van der Waals surface area contributed by atoms with Gasteiger partial charge in [-0.25, -0.2) is 13.2 Å². The van der Waals surface area contributed by atoms with Gasteiger partial charge in [0.2, 0.25) is 0 Å². The van der Waals surface area contributed by atoms with Gasteiger partial charge in [0.1, 0.15) is 5.52 Å². The topological polar surface area (TPSA) is 80.1 Å². The normalized spacial score (nSPS) is 21.4. The molecule has 0 amide bonds. The van der Waals surface area contributed by atoms with Gasteiger partial charge in [0, 0.05) is 47.4 Å². The summed E-state index contributed by atoms with van der Waals surface area (Å²) in [5.41, 5.74) is 3.03. The van der Waals surface area contributed by atoms with E-state index in [1.54, 1.807) is 6.20 Å². The maximum Gasteiger partial charge on any atom is 0.306 e. The SMILES string of the molecule is O=C(O)C1CCC(c2c(C3CCOCC3)n(-c3ccc(F)c(F)c3)c3cc4cn[nH]c4c(F)c23)CC1. The van der Waals surface area contributed by atoms with Crippen LogP contribution in [-0.4, -0.2) is 39.1 Å². The smallest absolute Gasteiger partial charge is 0.306 e. The number of rotatable bonds is 4. The number of hydrogen-bond acceptors (Lipinski definition) is 3. The zero-order valence-electron chi connectivity index (χ0n) is 19.6. The molecular formula is C27H26F3N3O3. The first-order valence-electron chi connectivity index (χ1n) is 12.4. The van der Waals surface area contributed by atoms with Crippen LogP contribution in [-0.2, 0) is 9.53 Å². The van der Waals surface area contributed by atoms with Crippen LogP contribution in [0.1, 0.15) is 61.6 Å². The van der Waals surface area contributed by atoms with E-state index in [0.29, 0.717) is 66.4 Å². The summed E-state index contributed by atoms with van der Waals surface area (Å²) >= 11 is 0. The maximum absolute atomic E-state index is 16.2. The van der Waals surface area contributed by atoms with Gasteiger partial charge < -0.3 is 14.4 Å². The van der Waals surface area contributed by atoms with E-state index < -0.39 is 29.3 Å². The van der Waals surface area contributed by atoms with Gasteiger partial charge in [-0.2, -0.15) is 5.10 Å². The van der Waals surface area contributed by atoms with E-state index in [2.05, 4.69) is 10.2 Å². The standard InChI is InChI=1S/C27H26F3N3O3/c28-19-6-5-18(12-20(19)29)33-21-11-17-13-31-32-25(17)24(30)23(21)22(26(33)15-7-9-36-10-8-15)14-1-3-16(4-2-14)27(34)35/h5-6,11-16H,1-4,7-10H2,(H,31,32)(H,34,35). The second kappa shape index (κ2) is 8.96. The molecule has 6 rings (SSSR count). The first-order valence-corrected chi connectivity index (χ1v) is 12.4. The number of carboxylic acid groups (broad SMARTS) is 1. The van der Waals surface area contributed by atoms with Crippen LogP contribution in [0, 0.1) is 23.4 Å². The van der Waals surface area contributed by atoms with Crippen molar-refractivity contribution in [2.45, 2.75) is 50.4 Å². The largest absolute Gasteiger partial charge is 0.481 e. The maximum atomic E-state index is 16.2. The summed E-state index contributed by atoms with van der Waals surface area (Å²) in [6.07, 6.45) is 5.25. The Bertz CT molecular complexity index is 1460. The Morgan fingerprint density at radius 1 is 1.00 bits per heavy atom. The number of carbonyl (C=O) groups is 1. The lowest BCUT2D eigenvalue weighted by molar-refractivity contribution is -0.142. The predicted octanol–water partition coefficient (Wildman–Crippen LogP) is 6.18. The van der Waals surface area contributed by atoms with Crippen molar-refractivity contribution >= 4 is 27.8 Å². The van der Waals surface area contributed by atoms with E-state index in [1.807, 2.05) is 10.6 Å². The summed E-state index contributed by atoms with van der Waals surface area (Å²) in [6.45, 7) is 1.12. The Morgan fingerprint density at radius 3 is 2.44 bits per heavy atom. The minimum Gasteiger partial charge on any atom is -0.481 e. The number of aliphatic carboxylic acids is 1. The molecule has 188 valence electrons. The van der Waals surface area contributed by atoms with E-state index in [4.69, 9.17) is 4.74 Å². The summed E-state index contributed by atoms with van der Waals surface area (Å²) < 4.78 is 52.0. The van der Waals surface area contributed by atoms with E-state index >= 15 is 4.39 Å². The minimum absolute atomic E-state index is 0.0299. The van der Waals surface area contributed by atoms with E-state index in [9.17, 15) is 18.7 Å². The zero-order valence-corrected chi connectivity index (χ0v) is 19.6. The second-order valence-electron chi connectivity index (χ2n) is 9.93. The van der Waals surface area contributed by atoms with E-state index in [0.717, 1.165) is 36.2 Å². The van der Waals surface area contributed by atoms with Crippen LogP contribution in [0.3, 0.4) is 0 Å². The van der Waals surface area contributed by atoms with E-state index in [1.165, 1.54) is 6.07 Å². The molecule has 2 aromatic carbocycles. The summed E-state index contributed by atoms with van der Waals surface area (Å²) in [4.78, 5) is 11.6. The molecule has 3 heterocycles. The van der Waals surface area contributed by atoms with Crippen molar-refractivity contribution < 1.29 is 27.8 Å². The fraction of sp³-hybridized carbons (Fsp3) is 0.407. The molecule has 36 heavy (non-hydrogen) atoms. The van der Waals surface area contributed by atoms with Crippen LogP contribution >= 0.6 is 0 Å². The lowest BCUT2D eigenvalue weighted by Crippen LogP contribution is -2.23. The fourth-order valence-corrected chi connectivity index (χ4v) is 6.17. The predicted molar refractivity (Wildman–Crippen MR) is 128 cm³/mol. The minimum atomic E-state index is -0.972. The Morgan fingerprint density at radius 2 is 1.75 bits per heavy atom. The van der Waals surface area contributed by atoms with Crippen LogP contribution in [0.25, 0.3) is 27.5 Å². The third-order valence-electron chi connectivity index (χ3n) is 7.94. The van der Waals surface area contributed by atoms with Crippen molar-refractivity contribution in [3.63, 3.8) is 0 Å². The third-order valence-corrected chi connectivity index (χ3v) is 7.94. The Balaban J connectivity index is 1.66. The number of nitrogens with one attached hydrogen (secondary N) is 1. The average molecular weight is 498 g/mol. The van der Waals surface area contributed by atoms with Crippen molar-refractivity contribution in [2.75, 3.05) is 13.2 Å². The van der Waals surface area contributed by atoms with Gasteiger partial charge in [0.05, 0.1) is 17.6 Å². The zero-order chi connectivity index (χ0) is 25.0. The van der Waals surface area contributed by atoms with Crippen molar-refractivity contribution in [2.24, 2.45) is 5.92 Å². The van der Waals surface area contributed by atoms with Crippen LogP contribution in [0.15, 0.2) is 30.5 Å². The highest BCUT2D eigenvalue weighted by atomic mass is 19.2. The molecule has 0 radical (unpaired) electrons. The molecule has 6 nitrogen and oxygen atoms in total. The highest BCUT2D eigenvalue weighted by molar-refractivity contribution is 5.99. The number of nitrogens with zero attached hydrogens (tertiary/aromatic N) is 2. The van der Waals surface area contributed by atoms with Crippen molar-refractivity contribution in [1.29, 1.82) is 0 Å². The molecule has 1 aliphatic heterocycles. The van der Waals surface area contributed by atoms with Crippen molar-refractivity contribution in [3.8, 4) is 5.69 Å². The summed E-state index contributed by atoms with van der Waals surface area (Å²) in [6, 6.07) is 5.60. The Kier molecular flexibility index (Phi) is 5.75. The lowest BCUT2D eigenvalue weighted by atomic mass is 9.76. The third kappa shape index (κ3) is 3.68. The summed E-state index contributed by atoms with van der Waals surface area (Å²) in [7, 11) is 0. The molecule has 0 bridgehead atoms. The summed E-state index contributed by atoms with van der Waals surface area (Å²) in [5, 5.41) is 17.3. The number of fused-ring (bicyclic) bond motifs is 2. The molecule has 1 aliphatic carbocycles. The molecule has 2 fully saturated rings.